The van der Waals surface area contributed by atoms with Gasteiger partial charge in [-0.1, -0.05) is 19.3 Å². The van der Waals surface area contributed by atoms with E-state index in [1.807, 2.05) is 0 Å². The Morgan fingerprint density at radius 3 is 2.47 bits per heavy atom. The van der Waals surface area contributed by atoms with E-state index < -0.39 is 23.2 Å². The summed E-state index contributed by atoms with van der Waals surface area (Å²) in [7, 11) is 0. The van der Waals surface area contributed by atoms with E-state index in [0.717, 1.165) is 42.0 Å². The lowest BCUT2D eigenvalue weighted by Gasteiger charge is -2.41. The molecule has 1 amide bonds. The van der Waals surface area contributed by atoms with Crippen molar-refractivity contribution in [3.63, 3.8) is 0 Å². The molecule has 1 aliphatic heterocycles. The number of likely N-dealkylation sites (tertiary alicyclic amines) is 1. The van der Waals surface area contributed by atoms with Crippen LogP contribution in [0.2, 0.25) is 0 Å². The molecule has 2 aliphatic rings. The highest BCUT2D eigenvalue weighted by Crippen LogP contribution is 2.37. The number of benzene rings is 1. The van der Waals surface area contributed by atoms with Crippen molar-refractivity contribution >= 4 is 11.6 Å². The number of rotatable bonds is 2. The van der Waals surface area contributed by atoms with Crippen molar-refractivity contribution in [1.82, 2.24) is 19.5 Å². The van der Waals surface area contributed by atoms with Crippen molar-refractivity contribution in [3.8, 4) is 11.3 Å². The lowest BCUT2D eigenvalue weighted by molar-refractivity contribution is -0.136. The molecular formula is C23H22F4N4O. The van der Waals surface area contributed by atoms with E-state index in [1.165, 1.54) is 31.2 Å². The summed E-state index contributed by atoms with van der Waals surface area (Å²) in [5, 5.41) is 4.22. The molecule has 5 rings (SSSR count). The van der Waals surface area contributed by atoms with Crippen molar-refractivity contribution in [3.05, 3.63) is 53.6 Å². The van der Waals surface area contributed by atoms with Gasteiger partial charge in [-0.25, -0.2) is 13.9 Å². The van der Waals surface area contributed by atoms with Gasteiger partial charge in [-0.3, -0.25) is 4.79 Å². The molecule has 2 unspecified atom stereocenters. The number of carbonyl (C=O) groups excluding carboxylic acids is 1. The Kier molecular flexibility index (Phi) is 5.14. The maximum absolute atomic E-state index is 13.8. The molecule has 3 aromatic rings. The zero-order valence-corrected chi connectivity index (χ0v) is 17.3. The lowest BCUT2D eigenvalue weighted by Crippen LogP contribution is -2.44. The number of alkyl halides is 3. The van der Waals surface area contributed by atoms with Crippen molar-refractivity contribution < 1.29 is 22.4 Å². The van der Waals surface area contributed by atoms with Crippen LogP contribution in [0.15, 0.2) is 36.5 Å². The summed E-state index contributed by atoms with van der Waals surface area (Å²) in [6, 6.07) is 5.93. The molecule has 9 heteroatoms. The van der Waals surface area contributed by atoms with E-state index in [2.05, 4.69) is 10.1 Å². The molecule has 2 aromatic heterocycles. The van der Waals surface area contributed by atoms with Gasteiger partial charge in [0.1, 0.15) is 17.1 Å². The molecule has 1 saturated heterocycles. The van der Waals surface area contributed by atoms with Gasteiger partial charge >= 0.3 is 6.18 Å². The molecule has 3 heterocycles. The molecule has 0 radical (unpaired) electrons. The van der Waals surface area contributed by atoms with Crippen LogP contribution in [-0.2, 0) is 6.18 Å². The number of aromatic nitrogens is 3. The average molecular weight is 446 g/mol. The predicted molar refractivity (Wildman–Crippen MR) is 109 cm³/mol. The topological polar surface area (TPSA) is 50.5 Å². The predicted octanol–water partition coefficient (Wildman–Crippen LogP) is 5.21. The number of nitrogens with zero attached hydrogens (tertiary/aromatic N) is 4. The fraction of sp³-hybridized carbons (Fsp3) is 0.435. The first-order valence-corrected chi connectivity index (χ1v) is 10.8. The number of hydrogen-bond acceptors (Lipinski definition) is 3. The van der Waals surface area contributed by atoms with Gasteiger partial charge in [-0.2, -0.15) is 18.3 Å². The van der Waals surface area contributed by atoms with Crippen molar-refractivity contribution in [1.29, 1.82) is 0 Å². The Bertz CT molecular complexity index is 1160. The third-order valence-electron chi connectivity index (χ3n) is 6.67. The van der Waals surface area contributed by atoms with Crippen molar-refractivity contribution in [2.45, 2.75) is 38.3 Å². The van der Waals surface area contributed by atoms with Crippen molar-refractivity contribution in [2.75, 3.05) is 13.1 Å². The van der Waals surface area contributed by atoms with Gasteiger partial charge in [-0.15, -0.1) is 0 Å². The minimum absolute atomic E-state index is 0.0178. The first-order chi connectivity index (χ1) is 15.3. The van der Waals surface area contributed by atoms with E-state index in [0.29, 0.717) is 30.5 Å². The zero-order valence-electron chi connectivity index (χ0n) is 17.3. The zero-order chi connectivity index (χ0) is 22.5. The minimum atomic E-state index is -4.69. The second-order valence-corrected chi connectivity index (χ2v) is 8.69. The molecule has 0 bridgehead atoms. The Morgan fingerprint density at radius 2 is 1.75 bits per heavy atom. The Hall–Kier alpha value is -2.97. The Balaban J connectivity index is 1.51. The van der Waals surface area contributed by atoms with Gasteiger partial charge in [0.15, 0.2) is 5.65 Å². The van der Waals surface area contributed by atoms with Crippen LogP contribution in [-0.4, -0.2) is 38.5 Å². The van der Waals surface area contributed by atoms with Gasteiger partial charge in [0, 0.05) is 18.7 Å². The summed E-state index contributed by atoms with van der Waals surface area (Å²) in [4.78, 5) is 18.8. The van der Waals surface area contributed by atoms with Crippen LogP contribution < -0.4 is 0 Å². The second-order valence-electron chi connectivity index (χ2n) is 8.69. The molecule has 2 atom stereocenters. The van der Waals surface area contributed by atoms with Crippen LogP contribution >= 0.6 is 0 Å². The van der Waals surface area contributed by atoms with E-state index in [-0.39, 0.29) is 17.3 Å². The molecular weight excluding hydrogens is 424 g/mol. The van der Waals surface area contributed by atoms with E-state index in [1.54, 1.807) is 4.90 Å². The summed E-state index contributed by atoms with van der Waals surface area (Å²) in [5.41, 5.74) is -1.10. The lowest BCUT2D eigenvalue weighted by atomic mass is 9.75. The first kappa shape index (κ1) is 20.9. The summed E-state index contributed by atoms with van der Waals surface area (Å²) in [5.74, 6) is 0.220. The smallest absolute Gasteiger partial charge is 0.337 e. The van der Waals surface area contributed by atoms with Crippen LogP contribution in [0.1, 0.15) is 48.2 Å². The number of carbonyl (C=O) groups is 1. The third kappa shape index (κ3) is 3.84. The second kappa shape index (κ2) is 7.86. The molecule has 1 saturated carbocycles. The SMILES string of the molecule is O=C(c1cn2nc(-c3ccc(F)cc3)cc(C(F)(F)F)c2n1)N1CCC2CCCCC2C1. The summed E-state index contributed by atoms with van der Waals surface area (Å²) in [6.45, 7) is 1.21. The standard InChI is InChI=1S/C23H22F4N4O/c24-17-7-5-15(6-8-17)19-11-18(23(25,26)27)21-28-20(13-31(21)29-19)22(32)30-10-9-14-3-1-2-4-16(14)12-30/h5-8,11,13-14,16H,1-4,9-10,12H2. The van der Waals surface area contributed by atoms with Gasteiger partial charge in [0.25, 0.3) is 5.91 Å². The number of halogens is 4. The van der Waals surface area contributed by atoms with Crippen LogP contribution in [0, 0.1) is 17.7 Å². The van der Waals surface area contributed by atoms with Crippen molar-refractivity contribution in [2.24, 2.45) is 11.8 Å². The van der Waals surface area contributed by atoms with E-state index in [9.17, 15) is 22.4 Å². The Morgan fingerprint density at radius 1 is 1.03 bits per heavy atom. The highest BCUT2D eigenvalue weighted by atomic mass is 19.4. The summed E-state index contributed by atoms with van der Waals surface area (Å²) >= 11 is 0. The molecule has 2 fully saturated rings. The van der Waals surface area contributed by atoms with Crippen LogP contribution in [0.4, 0.5) is 17.6 Å². The average Bonchev–Trinajstić information content (AvgIpc) is 3.21. The molecule has 5 nitrogen and oxygen atoms in total. The molecule has 0 spiro atoms. The quantitative estimate of drug-likeness (QED) is 0.508. The minimum Gasteiger partial charge on any atom is -0.337 e. The molecule has 1 aliphatic carbocycles. The fourth-order valence-electron chi connectivity index (χ4n) is 5.00. The fourth-order valence-corrected chi connectivity index (χ4v) is 5.00. The van der Waals surface area contributed by atoms with Gasteiger partial charge < -0.3 is 4.90 Å². The van der Waals surface area contributed by atoms with E-state index in [4.69, 9.17) is 0 Å². The third-order valence-corrected chi connectivity index (χ3v) is 6.67. The highest BCUT2D eigenvalue weighted by Gasteiger charge is 2.37. The number of imidazole rings is 1. The molecule has 1 aromatic carbocycles. The highest BCUT2D eigenvalue weighted by molar-refractivity contribution is 5.93. The number of piperidine rings is 1. The maximum atomic E-state index is 13.8. The first-order valence-electron chi connectivity index (χ1n) is 10.8. The normalized spacial score (nSPS) is 21.6. The van der Waals surface area contributed by atoms with Crippen LogP contribution in [0.5, 0.6) is 0 Å². The Labute approximate surface area is 182 Å². The van der Waals surface area contributed by atoms with Crippen LogP contribution in [0.25, 0.3) is 16.9 Å². The number of fused-ring (bicyclic) bond motifs is 2. The molecule has 32 heavy (non-hydrogen) atoms. The van der Waals surface area contributed by atoms with E-state index >= 15 is 0 Å². The molecule has 0 N–H and O–H groups in total. The number of amides is 1. The number of hydrogen-bond donors (Lipinski definition) is 0. The largest absolute Gasteiger partial charge is 0.420 e. The van der Waals surface area contributed by atoms with Crippen LogP contribution in [0.3, 0.4) is 0 Å². The summed E-state index contributed by atoms with van der Waals surface area (Å²) in [6.07, 6.45) is 2.14. The summed E-state index contributed by atoms with van der Waals surface area (Å²) < 4.78 is 55.6. The van der Waals surface area contributed by atoms with Gasteiger partial charge in [-0.05, 0) is 55.0 Å². The van der Waals surface area contributed by atoms with Gasteiger partial charge in [0.05, 0.1) is 11.9 Å². The monoisotopic (exact) mass is 446 g/mol. The van der Waals surface area contributed by atoms with Gasteiger partial charge in [0.2, 0.25) is 0 Å². The molecule has 168 valence electrons. The maximum Gasteiger partial charge on any atom is 0.420 e.